The third-order valence-corrected chi connectivity index (χ3v) is 3.32. The Morgan fingerprint density at radius 1 is 1.32 bits per heavy atom. The van der Waals surface area contributed by atoms with Crippen molar-refractivity contribution in [1.82, 2.24) is 15.5 Å². The van der Waals surface area contributed by atoms with E-state index in [1.165, 1.54) is 0 Å². The van der Waals surface area contributed by atoms with Gasteiger partial charge in [0.15, 0.2) is 24.0 Å². The number of rotatable bonds is 6. The molecule has 28 heavy (non-hydrogen) atoms. The first kappa shape index (κ1) is 21.1. The van der Waals surface area contributed by atoms with Crippen LogP contribution in [0.1, 0.15) is 46.3 Å². The summed E-state index contributed by atoms with van der Waals surface area (Å²) >= 11 is 0. The van der Waals surface area contributed by atoms with Crippen LogP contribution in [0.2, 0.25) is 0 Å². The largest absolute Gasteiger partial charge is 0.481 e. The van der Waals surface area contributed by atoms with Crippen LogP contribution in [0.3, 0.4) is 0 Å². The van der Waals surface area contributed by atoms with Crippen molar-refractivity contribution in [3.63, 3.8) is 0 Å². The molecule has 11 heteroatoms. The number of hydrogen-bond donors (Lipinski definition) is 1. The predicted molar refractivity (Wildman–Crippen MR) is 94.1 cm³/mol. The summed E-state index contributed by atoms with van der Waals surface area (Å²) in [7, 11) is 0. The van der Waals surface area contributed by atoms with E-state index in [4.69, 9.17) is 14.0 Å². The van der Waals surface area contributed by atoms with Crippen LogP contribution in [0, 0.1) is 15.9 Å². The lowest BCUT2D eigenvalue weighted by Crippen LogP contribution is -2.44. The summed E-state index contributed by atoms with van der Waals surface area (Å²) < 4.78 is 29.3. The number of ether oxygens (including phenoxy) is 2. The molecular formula is C17H21FN4O6. The first-order valence-corrected chi connectivity index (χ1v) is 8.28. The van der Waals surface area contributed by atoms with Crippen LogP contribution < -0.4 is 10.1 Å². The van der Waals surface area contributed by atoms with Crippen LogP contribution >= 0.6 is 0 Å². The van der Waals surface area contributed by atoms with Gasteiger partial charge in [-0.3, -0.25) is 10.1 Å². The van der Waals surface area contributed by atoms with Gasteiger partial charge >= 0.3 is 6.09 Å². The average molecular weight is 396 g/mol. The zero-order valence-corrected chi connectivity index (χ0v) is 16.1. The molecule has 0 saturated carbocycles. The van der Waals surface area contributed by atoms with Gasteiger partial charge in [0.05, 0.1) is 11.0 Å². The van der Waals surface area contributed by atoms with Gasteiger partial charge in [0.25, 0.3) is 11.6 Å². The first-order valence-electron chi connectivity index (χ1n) is 8.28. The molecule has 0 aliphatic carbocycles. The van der Waals surface area contributed by atoms with E-state index in [0.717, 1.165) is 18.2 Å². The van der Waals surface area contributed by atoms with Crippen molar-refractivity contribution in [2.75, 3.05) is 0 Å². The number of nitro groups is 1. The van der Waals surface area contributed by atoms with Crippen molar-refractivity contribution in [2.45, 2.75) is 52.4 Å². The summed E-state index contributed by atoms with van der Waals surface area (Å²) in [6.07, 6.45) is -0.645. The molecule has 0 spiro atoms. The first-order chi connectivity index (χ1) is 12.9. The molecule has 1 heterocycles. The average Bonchev–Trinajstić information content (AvgIpc) is 3.01. The molecule has 1 aromatic heterocycles. The zero-order valence-electron chi connectivity index (χ0n) is 16.1. The fourth-order valence-corrected chi connectivity index (χ4v) is 2.04. The number of halogens is 1. The van der Waals surface area contributed by atoms with Crippen LogP contribution in [0.25, 0.3) is 0 Å². The number of carbonyl (C=O) groups excluding carboxylic acids is 1. The van der Waals surface area contributed by atoms with E-state index in [9.17, 15) is 19.3 Å². The molecule has 2 aromatic rings. The minimum absolute atomic E-state index is 0.0341. The number of nitrogens with zero attached hydrogens (tertiary/aromatic N) is 3. The van der Waals surface area contributed by atoms with E-state index in [1.54, 1.807) is 34.6 Å². The van der Waals surface area contributed by atoms with E-state index in [1.807, 2.05) is 0 Å². The van der Waals surface area contributed by atoms with Gasteiger partial charge in [0.1, 0.15) is 11.1 Å². The van der Waals surface area contributed by atoms with E-state index >= 15 is 0 Å². The number of nitro benzene ring substituents is 1. The molecule has 0 aliphatic heterocycles. The SMILES string of the molecule is CC(C)(C)OC(=O)NC(C)(C)c1noc(COc2ccc([N+](=O)[O-])cc2F)n1. The lowest BCUT2D eigenvalue weighted by Gasteiger charge is -2.26. The Labute approximate surface area is 160 Å². The number of hydrogen-bond acceptors (Lipinski definition) is 8. The molecule has 0 unspecified atom stereocenters. The van der Waals surface area contributed by atoms with Crippen LogP contribution in [0.4, 0.5) is 14.9 Å². The van der Waals surface area contributed by atoms with E-state index in [-0.39, 0.29) is 29.8 Å². The third-order valence-electron chi connectivity index (χ3n) is 3.32. The van der Waals surface area contributed by atoms with Crippen molar-refractivity contribution < 1.29 is 28.1 Å². The topological polar surface area (TPSA) is 130 Å². The minimum atomic E-state index is -0.997. The molecule has 10 nitrogen and oxygen atoms in total. The second-order valence-corrected chi connectivity index (χ2v) is 7.42. The van der Waals surface area contributed by atoms with Crippen LogP contribution in [0.5, 0.6) is 5.75 Å². The van der Waals surface area contributed by atoms with Crippen molar-refractivity contribution >= 4 is 11.8 Å². The third kappa shape index (κ3) is 5.63. The van der Waals surface area contributed by atoms with Crippen molar-refractivity contribution in [1.29, 1.82) is 0 Å². The van der Waals surface area contributed by atoms with E-state index in [2.05, 4.69) is 15.5 Å². The van der Waals surface area contributed by atoms with Crippen LogP contribution in [-0.2, 0) is 16.9 Å². The molecule has 0 radical (unpaired) electrons. The zero-order chi connectivity index (χ0) is 21.1. The maximum Gasteiger partial charge on any atom is 0.408 e. The quantitative estimate of drug-likeness (QED) is 0.580. The van der Waals surface area contributed by atoms with Crippen molar-refractivity contribution in [3.05, 3.63) is 45.8 Å². The number of carbonyl (C=O) groups is 1. The second-order valence-electron chi connectivity index (χ2n) is 7.42. The summed E-state index contributed by atoms with van der Waals surface area (Å²) in [6, 6.07) is 3.01. The Balaban J connectivity index is 2.01. The Bertz CT molecular complexity index is 875. The maximum atomic E-state index is 13.8. The normalized spacial score (nSPS) is 11.8. The fraction of sp³-hybridized carbons (Fsp3) is 0.471. The van der Waals surface area contributed by atoms with E-state index in [0.29, 0.717) is 0 Å². The number of aromatic nitrogens is 2. The molecule has 1 aromatic carbocycles. The minimum Gasteiger partial charge on any atom is -0.481 e. The number of nitrogens with one attached hydrogen (secondary N) is 1. The maximum absolute atomic E-state index is 13.8. The molecule has 152 valence electrons. The molecule has 1 amide bonds. The van der Waals surface area contributed by atoms with Gasteiger partial charge in [0, 0.05) is 6.07 Å². The Hall–Kier alpha value is -3.24. The van der Waals surface area contributed by atoms with E-state index < -0.39 is 28.0 Å². The molecule has 0 bridgehead atoms. The Kier molecular flexibility index (Phi) is 5.86. The number of alkyl carbamates (subject to hydrolysis) is 1. The van der Waals surface area contributed by atoms with Crippen LogP contribution in [-0.4, -0.2) is 26.8 Å². The molecule has 0 fully saturated rings. The molecule has 0 atom stereocenters. The number of benzene rings is 1. The van der Waals surface area contributed by atoms with Gasteiger partial charge in [-0.25, -0.2) is 9.18 Å². The Morgan fingerprint density at radius 3 is 2.57 bits per heavy atom. The highest BCUT2D eigenvalue weighted by atomic mass is 19.1. The number of non-ortho nitro benzene ring substituents is 1. The van der Waals surface area contributed by atoms with Crippen molar-refractivity contribution in [3.8, 4) is 5.75 Å². The standard InChI is InChI=1S/C17H21FN4O6/c1-16(2,3)27-15(23)20-17(4,5)14-19-13(28-21-14)9-26-12-7-6-10(22(24)25)8-11(12)18/h6-8H,9H2,1-5H3,(H,20,23). The van der Waals surface area contributed by atoms with Gasteiger partial charge in [-0.05, 0) is 40.7 Å². The summed E-state index contributed by atoms with van der Waals surface area (Å²) in [4.78, 5) is 26.0. The molecular weight excluding hydrogens is 375 g/mol. The van der Waals surface area contributed by atoms with Crippen molar-refractivity contribution in [2.24, 2.45) is 0 Å². The predicted octanol–water partition coefficient (Wildman–Crippen LogP) is 3.46. The smallest absolute Gasteiger partial charge is 0.408 e. The molecule has 2 rings (SSSR count). The molecule has 0 saturated heterocycles. The fourth-order valence-electron chi connectivity index (χ4n) is 2.04. The summed E-state index contributed by atoms with van der Waals surface area (Å²) in [5, 5.41) is 17.0. The van der Waals surface area contributed by atoms with Crippen LogP contribution in [0.15, 0.2) is 22.7 Å². The van der Waals surface area contributed by atoms with Gasteiger partial charge in [0.2, 0.25) is 0 Å². The molecule has 0 aliphatic rings. The molecule has 1 N–H and O–H groups in total. The van der Waals surface area contributed by atoms with Gasteiger partial charge < -0.3 is 19.3 Å². The van der Waals surface area contributed by atoms with Gasteiger partial charge in [-0.15, -0.1) is 0 Å². The highest BCUT2D eigenvalue weighted by molar-refractivity contribution is 5.68. The highest BCUT2D eigenvalue weighted by Crippen LogP contribution is 2.24. The van der Waals surface area contributed by atoms with Gasteiger partial charge in [-0.2, -0.15) is 4.98 Å². The summed E-state index contributed by atoms with van der Waals surface area (Å²) in [5.74, 6) is -0.884. The summed E-state index contributed by atoms with van der Waals surface area (Å²) in [5.41, 5.74) is -2.05. The highest BCUT2D eigenvalue weighted by Gasteiger charge is 2.31. The lowest BCUT2D eigenvalue weighted by atomic mass is 10.1. The second kappa shape index (κ2) is 7.79. The number of amides is 1. The Morgan fingerprint density at radius 2 is 2.00 bits per heavy atom. The van der Waals surface area contributed by atoms with Gasteiger partial charge in [-0.1, -0.05) is 5.16 Å². The lowest BCUT2D eigenvalue weighted by molar-refractivity contribution is -0.385. The summed E-state index contributed by atoms with van der Waals surface area (Å²) in [6.45, 7) is 8.26. The monoisotopic (exact) mass is 396 g/mol.